The highest BCUT2D eigenvalue weighted by atomic mass is 35.5. The van der Waals surface area contributed by atoms with Gasteiger partial charge in [-0.25, -0.2) is 0 Å². The predicted molar refractivity (Wildman–Crippen MR) is 120 cm³/mol. The summed E-state index contributed by atoms with van der Waals surface area (Å²) in [6, 6.07) is 21.8. The van der Waals surface area contributed by atoms with Crippen LogP contribution >= 0.6 is 11.6 Å². The van der Waals surface area contributed by atoms with E-state index in [0.29, 0.717) is 21.4 Å². The molecule has 1 N–H and O–H groups in total. The molecular weight excluding hydrogens is 400 g/mol. The van der Waals surface area contributed by atoms with E-state index in [0.717, 1.165) is 21.5 Å². The van der Waals surface area contributed by atoms with Crippen molar-refractivity contribution in [3.8, 4) is 5.88 Å². The molecule has 0 fully saturated rings. The highest BCUT2D eigenvalue weighted by Crippen LogP contribution is 2.24. The summed E-state index contributed by atoms with van der Waals surface area (Å²) in [5.41, 5.74) is 2.65. The Bertz CT molecular complexity index is 1280. The van der Waals surface area contributed by atoms with Crippen LogP contribution in [0, 0.1) is 6.92 Å². The van der Waals surface area contributed by atoms with Crippen LogP contribution in [0.4, 0.5) is 5.69 Å². The zero-order valence-corrected chi connectivity index (χ0v) is 17.0. The van der Waals surface area contributed by atoms with Crippen molar-refractivity contribution in [1.29, 1.82) is 0 Å². The van der Waals surface area contributed by atoms with Crippen molar-refractivity contribution in [2.75, 3.05) is 0 Å². The number of hydrogen-bond donors (Lipinski definition) is 1. The molecule has 5 nitrogen and oxygen atoms in total. The van der Waals surface area contributed by atoms with Crippen LogP contribution in [0.3, 0.4) is 0 Å². The highest BCUT2D eigenvalue weighted by Gasteiger charge is 2.16. The molecular formula is C24H19ClN2O3. The fourth-order valence-electron chi connectivity index (χ4n) is 3.08. The SMILES string of the molecule is Cc1ccc(N=Cc2c(O)n(OCc3ccc(Cl)cc3)c(=O)c3ccccc23)cc1. The van der Waals surface area contributed by atoms with E-state index in [4.69, 9.17) is 16.4 Å². The second-order valence-corrected chi connectivity index (χ2v) is 7.31. The zero-order chi connectivity index (χ0) is 21.1. The molecule has 0 aliphatic rings. The van der Waals surface area contributed by atoms with E-state index >= 15 is 0 Å². The lowest BCUT2D eigenvalue weighted by Gasteiger charge is -2.14. The lowest BCUT2D eigenvalue weighted by molar-refractivity contribution is 0.0721. The number of nitrogens with zero attached hydrogens (tertiary/aromatic N) is 2. The van der Waals surface area contributed by atoms with Gasteiger partial charge in [-0.1, -0.05) is 59.6 Å². The molecule has 0 aliphatic heterocycles. The molecule has 3 aromatic carbocycles. The summed E-state index contributed by atoms with van der Waals surface area (Å²) < 4.78 is 0.910. The average Bonchev–Trinajstić information content (AvgIpc) is 2.76. The summed E-state index contributed by atoms with van der Waals surface area (Å²) in [6.45, 7) is 2.10. The van der Waals surface area contributed by atoms with Gasteiger partial charge >= 0.3 is 0 Å². The summed E-state index contributed by atoms with van der Waals surface area (Å²) in [5.74, 6) is -0.302. The van der Waals surface area contributed by atoms with Gasteiger partial charge in [-0.3, -0.25) is 9.79 Å². The fraction of sp³-hybridized carbons (Fsp3) is 0.0833. The average molecular weight is 419 g/mol. The van der Waals surface area contributed by atoms with Crippen LogP contribution in [0.25, 0.3) is 10.8 Å². The van der Waals surface area contributed by atoms with Gasteiger partial charge < -0.3 is 9.94 Å². The highest BCUT2D eigenvalue weighted by molar-refractivity contribution is 6.30. The van der Waals surface area contributed by atoms with Gasteiger partial charge in [-0.2, -0.15) is 0 Å². The lowest BCUT2D eigenvalue weighted by Crippen LogP contribution is -2.27. The van der Waals surface area contributed by atoms with Crippen molar-refractivity contribution in [2.45, 2.75) is 13.5 Å². The maximum atomic E-state index is 12.9. The molecule has 0 aliphatic carbocycles. The van der Waals surface area contributed by atoms with Crippen LogP contribution in [0.15, 0.2) is 82.6 Å². The Balaban J connectivity index is 1.76. The minimum absolute atomic E-state index is 0.0948. The van der Waals surface area contributed by atoms with E-state index in [-0.39, 0.29) is 12.5 Å². The largest absolute Gasteiger partial charge is 0.492 e. The molecule has 6 heteroatoms. The Hall–Kier alpha value is -3.57. The normalized spacial score (nSPS) is 11.3. The van der Waals surface area contributed by atoms with Crippen LogP contribution in [-0.2, 0) is 6.61 Å². The Kier molecular flexibility index (Phi) is 5.55. The lowest BCUT2D eigenvalue weighted by atomic mass is 10.1. The fourth-order valence-corrected chi connectivity index (χ4v) is 3.20. The van der Waals surface area contributed by atoms with Crippen molar-refractivity contribution < 1.29 is 9.94 Å². The van der Waals surface area contributed by atoms with Gasteiger partial charge in [0.2, 0.25) is 5.88 Å². The standard InChI is InChI=1S/C24H19ClN2O3/c1-16-6-12-19(13-7-16)26-14-22-20-4-2-3-5-21(20)23(28)27(24(22)29)30-15-17-8-10-18(25)11-9-17/h2-14,29H,15H2,1H3. The third-order valence-corrected chi connectivity index (χ3v) is 4.97. The van der Waals surface area contributed by atoms with E-state index < -0.39 is 5.56 Å². The van der Waals surface area contributed by atoms with Gasteiger partial charge in [0.1, 0.15) is 6.61 Å². The topological polar surface area (TPSA) is 63.8 Å². The van der Waals surface area contributed by atoms with E-state index in [2.05, 4.69) is 4.99 Å². The van der Waals surface area contributed by atoms with Crippen molar-refractivity contribution in [3.05, 3.63) is 105 Å². The van der Waals surface area contributed by atoms with Gasteiger partial charge in [0.25, 0.3) is 5.56 Å². The van der Waals surface area contributed by atoms with Crippen LogP contribution in [0.2, 0.25) is 5.02 Å². The number of aryl methyl sites for hydroxylation is 1. The van der Waals surface area contributed by atoms with Crippen molar-refractivity contribution >= 4 is 34.3 Å². The molecule has 150 valence electrons. The van der Waals surface area contributed by atoms with Crippen LogP contribution in [0.1, 0.15) is 16.7 Å². The summed E-state index contributed by atoms with van der Waals surface area (Å²) in [7, 11) is 0. The molecule has 4 rings (SSSR count). The molecule has 0 bridgehead atoms. The first-order valence-electron chi connectivity index (χ1n) is 9.38. The van der Waals surface area contributed by atoms with E-state index in [9.17, 15) is 9.90 Å². The number of fused-ring (bicyclic) bond motifs is 1. The van der Waals surface area contributed by atoms with Crippen LogP contribution in [0.5, 0.6) is 5.88 Å². The van der Waals surface area contributed by atoms with Gasteiger partial charge in [0.05, 0.1) is 16.6 Å². The Morgan fingerprint density at radius 3 is 2.37 bits per heavy atom. The molecule has 0 radical (unpaired) electrons. The first kappa shape index (κ1) is 19.7. The van der Waals surface area contributed by atoms with E-state index in [1.54, 1.807) is 48.7 Å². The van der Waals surface area contributed by atoms with Gasteiger partial charge in [-0.05, 0) is 42.8 Å². The van der Waals surface area contributed by atoms with Crippen molar-refractivity contribution in [1.82, 2.24) is 4.73 Å². The van der Waals surface area contributed by atoms with Gasteiger partial charge in [0.15, 0.2) is 0 Å². The molecule has 0 saturated carbocycles. The summed E-state index contributed by atoms with van der Waals surface area (Å²) in [5, 5.41) is 12.5. The number of hydrogen-bond acceptors (Lipinski definition) is 4. The Morgan fingerprint density at radius 1 is 1.00 bits per heavy atom. The second kappa shape index (κ2) is 8.43. The molecule has 1 aromatic heterocycles. The smallest absolute Gasteiger partial charge is 0.294 e. The number of pyridine rings is 1. The first-order chi connectivity index (χ1) is 14.5. The third-order valence-electron chi connectivity index (χ3n) is 4.72. The molecule has 1 heterocycles. The maximum absolute atomic E-state index is 12.9. The Labute approximate surface area is 178 Å². The van der Waals surface area contributed by atoms with Crippen LogP contribution < -0.4 is 10.4 Å². The minimum Gasteiger partial charge on any atom is -0.492 e. The molecule has 30 heavy (non-hydrogen) atoms. The molecule has 4 aromatic rings. The minimum atomic E-state index is -0.440. The van der Waals surface area contributed by atoms with Crippen molar-refractivity contribution in [3.63, 3.8) is 0 Å². The van der Waals surface area contributed by atoms with Gasteiger partial charge in [-0.15, -0.1) is 4.73 Å². The second-order valence-electron chi connectivity index (χ2n) is 6.88. The number of halogens is 1. The quantitative estimate of drug-likeness (QED) is 0.461. The number of aliphatic imine (C=N–C) groups is 1. The molecule has 0 unspecified atom stereocenters. The summed E-state index contributed by atoms with van der Waals surface area (Å²) >= 11 is 5.91. The van der Waals surface area contributed by atoms with Crippen molar-refractivity contribution in [2.24, 2.45) is 4.99 Å². The molecule has 0 spiro atoms. The molecule has 0 saturated heterocycles. The predicted octanol–water partition coefficient (Wildman–Crippen LogP) is 5.05. The molecule has 0 amide bonds. The summed E-state index contributed by atoms with van der Waals surface area (Å²) in [4.78, 5) is 23.0. The third kappa shape index (κ3) is 4.07. The number of rotatable bonds is 5. The number of benzene rings is 3. The van der Waals surface area contributed by atoms with Crippen LogP contribution in [-0.4, -0.2) is 16.1 Å². The number of aromatic nitrogens is 1. The van der Waals surface area contributed by atoms with E-state index in [1.165, 1.54) is 0 Å². The molecule has 0 atom stereocenters. The first-order valence-corrected chi connectivity index (χ1v) is 9.76. The Morgan fingerprint density at radius 2 is 1.67 bits per heavy atom. The maximum Gasteiger partial charge on any atom is 0.294 e. The monoisotopic (exact) mass is 418 g/mol. The van der Waals surface area contributed by atoms with Gasteiger partial charge in [0, 0.05) is 16.6 Å². The summed E-state index contributed by atoms with van der Waals surface area (Å²) in [6.07, 6.45) is 1.55. The zero-order valence-electron chi connectivity index (χ0n) is 16.2. The number of aromatic hydroxyl groups is 1. The van der Waals surface area contributed by atoms with E-state index in [1.807, 2.05) is 37.3 Å².